The van der Waals surface area contributed by atoms with Crippen LogP contribution in [0, 0.1) is 5.92 Å². The van der Waals surface area contributed by atoms with Crippen LogP contribution in [-0.4, -0.2) is 20.5 Å². The van der Waals surface area contributed by atoms with Gasteiger partial charge in [-0.1, -0.05) is 6.92 Å². The number of sulfonamides is 1. The Morgan fingerprint density at radius 2 is 1.78 bits per heavy atom. The van der Waals surface area contributed by atoms with Crippen LogP contribution in [0.5, 0.6) is 0 Å². The summed E-state index contributed by atoms with van der Waals surface area (Å²) in [6.45, 7) is 2.20. The molecule has 0 radical (unpaired) electrons. The van der Waals surface area contributed by atoms with Crippen molar-refractivity contribution in [2.45, 2.75) is 43.2 Å². The summed E-state index contributed by atoms with van der Waals surface area (Å²) in [5, 5.41) is 3.38. The molecule has 0 bridgehead atoms. The Kier molecular flexibility index (Phi) is 2.83. The van der Waals surface area contributed by atoms with E-state index in [0.717, 1.165) is 24.4 Å². The van der Waals surface area contributed by atoms with E-state index >= 15 is 0 Å². The zero-order valence-corrected chi connectivity index (χ0v) is 11.2. The van der Waals surface area contributed by atoms with E-state index in [1.54, 1.807) is 12.1 Å². The van der Waals surface area contributed by atoms with E-state index < -0.39 is 10.0 Å². The third-order valence-corrected chi connectivity index (χ3v) is 5.06. The van der Waals surface area contributed by atoms with Crippen LogP contribution in [0.2, 0.25) is 0 Å². The molecule has 3 rings (SSSR count). The van der Waals surface area contributed by atoms with Crippen molar-refractivity contribution in [2.75, 3.05) is 5.32 Å². The largest absolute Gasteiger partial charge is 0.382 e. The number of rotatable bonds is 5. The SMILES string of the molecule is CC1CC1Nc1ccc(S(=O)(=O)NC2CC2)cc1. The molecule has 1 aromatic rings. The molecule has 0 spiro atoms. The molecular weight excluding hydrogens is 248 g/mol. The number of benzene rings is 1. The first kappa shape index (κ1) is 12.0. The molecule has 2 saturated carbocycles. The summed E-state index contributed by atoms with van der Waals surface area (Å²) in [4.78, 5) is 0.351. The molecular formula is C13H18N2O2S. The first-order chi connectivity index (χ1) is 8.54. The monoisotopic (exact) mass is 266 g/mol. The summed E-state index contributed by atoms with van der Waals surface area (Å²) in [6.07, 6.45) is 3.11. The minimum absolute atomic E-state index is 0.153. The van der Waals surface area contributed by atoms with E-state index in [2.05, 4.69) is 17.0 Å². The Balaban J connectivity index is 1.69. The van der Waals surface area contributed by atoms with Crippen molar-refractivity contribution in [1.82, 2.24) is 4.72 Å². The van der Waals surface area contributed by atoms with Crippen LogP contribution in [0.25, 0.3) is 0 Å². The van der Waals surface area contributed by atoms with E-state index in [0.29, 0.717) is 10.9 Å². The van der Waals surface area contributed by atoms with Gasteiger partial charge in [0, 0.05) is 17.8 Å². The van der Waals surface area contributed by atoms with Crippen LogP contribution in [0.4, 0.5) is 5.69 Å². The van der Waals surface area contributed by atoms with Gasteiger partial charge in [-0.3, -0.25) is 0 Å². The van der Waals surface area contributed by atoms with Crippen molar-refractivity contribution in [3.8, 4) is 0 Å². The van der Waals surface area contributed by atoms with Crippen LogP contribution in [0.15, 0.2) is 29.2 Å². The highest BCUT2D eigenvalue weighted by Crippen LogP contribution is 2.32. The zero-order valence-electron chi connectivity index (χ0n) is 10.4. The fraction of sp³-hybridized carbons (Fsp3) is 0.538. The number of anilines is 1. The highest BCUT2D eigenvalue weighted by atomic mass is 32.2. The van der Waals surface area contributed by atoms with E-state index in [-0.39, 0.29) is 6.04 Å². The number of hydrogen-bond acceptors (Lipinski definition) is 3. The minimum atomic E-state index is -3.32. The third kappa shape index (κ3) is 2.67. The Labute approximate surface area is 108 Å². The van der Waals surface area contributed by atoms with E-state index in [1.165, 1.54) is 6.42 Å². The molecule has 2 unspecified atom stereocenters. The second-order valence-electron chi connectivity index (χ2n) is 5.38. The van der Waals surface area contributed by atoms with Gasteiger partial charge in [-0.25, -0.2) is 13.1 Å². The predicted molar refractivity (Wildman–Crippen MR) is 71.0 cm³/mol. The molecule has 98 valence electrons. The zero-order chi connectivity index (χ0) is 12.8. The summed E-state index contributed by atoms with van der Waals surface area (Å²) in [7, 11) is -3.32. The average Bonchev–Trinajstić information content (AvgIpc) is 3.21. The quantitative estimate of drug-likeness (QED) is 0.856. The molecule has 0 heterocycles. The first-order valence-electron chi connectivity index (χ1n) is 6.43. The van der Waals surface area contributed by atoms with Gasteiger partial charge in [0.15, 0.2) is 0 Å². The maximum atomic E-state index is 11.9. The fourth-order valence-electron chi connectivity index (χ4n) is 1.96. The molecule has 5 heteroatoms. The van der Waals surface area contributed by atoms with E-state index in [1.807, 2.05) is 12.1 Å². The van der Waals surface area contributed by atoms with Crippen molar-refractivity contribution < 1.29 is 8.42 Å². The van der Waals surface area contributed by atoms with Gasteiger partial charge in [-0.05, 0) is 49.4 Å². The average molecular weight is 266 g/mol. The summed E-state index contributed by atoms with van der Waals surface area (Å²) in [6, 6.07) is 7.72. The fourth-order valence-corrected chi connectivity index (χ4v) is 3.26. The van der Waals surface area contributed by atoms with Gasteiger partial charge in [0.2, 0.25) is 10.0 Å². The molecule has 2 aliphatic rings. The van der Waals surface area contributed by atoms with Crippen molar-refractivity contribution >= 4 is 15.7 Å². The Morgan fingerprint density at radius 1 is 1.17 bits per heavy atom. The normalized spacial score (nSPS) is 26.9. The second kappa shape index (κ2) is 4.24. The standard InChI is InChI=1S/C13H18N2O2S/c1-9-8-13(9)14-10-4-6-12(7-5-10)18(16,17)15-11-2-3-11/h4-7,9,11,13-15H,2-3,8H2,1H3. The highest BCUT2D eigenvalue weighted by Gasteiger charge is 2.32. The molecule has 2 fully saturated rings. The van der Waals surface area contributed by atoms with Gasteiger partial charge in [0.05, 0.1) is 4.90 Å². The van der Waals surface area contributed by atoms with Crippen LogP contribution in [-0.2, 0) is 10.0 Å². The lowest BCUT2D eigenvalue weighted by atomic mass is 10.3. The molecule has 18 heavy (non-hydrogen) atoms. The van der Waals surface area contributed by atoms with Crippen LogP contribution >= 0.6 is 0 Å². The summed E-state index contributed by atoms with van der Waals surface area (Å²) < 4.78 is 26.6. The third-order valence-electron chi connectivity index (χ3n) is 3.53. The predicted octanol–water partition coefficient (Wildman–Crippen LogP) is 1.95. The molecule has 1 aromatic carbocycles. The Hall–Kier alpha value is -1.07. The summed E-state index contributed by atoms with van der Waals surface area (Å²) >= 11 is 0. The Bertz CT molecular complexity index is 535. The molecule has 0 aliphatic heterocycles. The van der Waals surface area contributed by atoms with Crippen molar-refractivity contribution in [3.63, 3.8) is 0 Å². The molecule has 2 atom stereocenters. The lowest BCUT2D eigenvalue weighted by Gasteiger charge is -2.08. The lowest BCUT2D eigenvalue weighted by Crippen LogP contribution is -2.25. The molecule has 0 amide bonds. The van der Waals surface area contributed by atoms with E-state index in [4.69, 9.17) is 0 Å². The van der Waals surface area contributed by atoms with Gasteiger partial charge in [0.1, 0.15) is 0 Å². The van der Waals surface area contributed by atoms with Crippen LogP contribution in [0.1, 0.15) is 26.2 Å². The van der Waals surface area contributed by atoms with Crippen molar-refractivity contribution in [1.29, 1.82) is 0 Å². The number of nitrogens with one attached hydrogen (secondary N) is 2. The first-order valence-corrected chi connectivity index (χ1v) is 7.92. The lowest BCUT2D eigenvalue weighted by molar-refractivity contribution is 0.581. The summed E-state index contributed by atoms with van der Waals surface area (Å²) in [5.74, 6) is 0.727. The topological polar surface area (TPSA) is 58.2 Å². The molecule has 0 saturated heterocycles. The maximum absolute atomic E-state index is 11.9. The summed E-state index contributed by atoms with van der Waals surface area (Å²) in [5.41, 5.74) is 0.995. The van der Waals surface area contributed by atoms with Gasteiger partial charge >= 0.3 is 0 Å². The molecule has 2 N–H and O–H groups in total. The van der Waals surface area contributed by atoms with Crippen LogP contribution < -0.4 is 10.0 Å². The van der Waals surface area contributed by atoms with Crippen LogP contribution in [0.3, 0.4) is 0 Å². The van der Waals surface area contributed by atoms with Gasteiger partial charge in [-0.15, -0.1) is 0 Å². The molecule has 0 aromatic heterocycles. The Morgan fingerprint density at radius 3 is 2.28 bits per heavy atom. The minimum Gasteiger partial charge on any atom is -0.382 e. The molecule has 2 aliphatic carbocycles. The van der Waals surface area contributed by atoms with Gasteiger partial charge in [0.25, 0.3) is 0 Å². The second-order valence-corrected chi connectivity index (χ2v) is 7.10. The smallest absolute Gasteiger partial charge is 0.240 e. The van der Waals surface area contributed by atoms with Gasteiger partial charge in [-0.2, -0.15) is 0 Å². The van der Waals surface area contributed by atoms with Gasteiger partial charge < -0.3 is 5.32 Å². The maximum Gasteiger partial charge on any atom is 0.240 e. The highest BCUT2D eigenvalue weighted by molar-refractivity contribution is 7.89. The molecule has 4 nitrogen and oxygen atoms in total. The van der Waals surface area contributed by atoms with Crippen molar-refractivity contribution in [3.05, 3.63) is 24.3 Å². The van der Waals surface area contributed by atoms with E-state index in [9.17, 15) is 8.42 Å². The number of hydrogen-bond donors (Lipinski definition) is 2. The van der Waals surface area contributed by atoms with Crippen molar-refractivity contribution in [2.24, 2.45) is 5.92 Å².